The fraction of sp³-hybridized carbons (Fsp3) is 0.278. The molecule has 0 radical (unpaired) electrons. The van der Waals surface area contributed by atoms with Crippen LogP contribution in [0.3, 0.4) is 0 Å². The van der Waals surface area contributed by atoms with Gasteiger partial charge in [0.05, 0.1) is 40.7 Å². The van der Waals surface area contributed by atoms with Crippen molar-refractivity contribution in [3.8, 4) is 11.5 Å². The molecule has 46 heavy (non-hydrogen) atoms. The standard InChI is InChI=1S/C36H36N2O7S/c1-6-42-34(40)26-16-12-25(13-17-26)21-44-27-18-14-24(15-19-27)20-30-33(39)38-32(28-10-8-9-11-29(28)45-22(3)4)31(35(41)43-7-2)23(5)37-36(38)46-30/h8-20,22,32H,6-7,21H2,1-5H3/b30-20-/t32-/m1/s1. The minimum atomic E-state index is -0.769. The summed E-state index contributed by atoms with van der Waals surface area (Å²) in [5, 5.41) is 0. The Labute approximate surface area is 271 Å². The average molecular weight is 641 g/mol. The third-order valence-electron chi connectivity index (χ3n) is 7.14. The zero-order valence-corrected chi connectivity index (χ0v) is 27.3. The lowest BCUT2D eigenvalue weighted by molar-refractivity contribution is -0.139. The van der Waals surface area contributed by atoms with Gasteiger partial charge < -0.3 is 18.9 Å². The van der Waals surface area contributed by atoms with Crippen LogP contribution in [0.2, 0.25) is 0 Å². The zero-order valence-electron chi connectivity index (χ0n) is 26.4. The lowest BCUT2D eigenvalue weighted by Crippen LogP contribution is -2.40. The van der Waals surface area contributed by atoms with Crippen LogP contribution < -0.4 is 24.4 Å². The molecule has 2 heterocycles. The maximum atomic E-state index is 14.0. The smallest absolute Gasteiger partial charge is 0.338 e. The van der Waals surface area contributed by atoms with Crippen LogP contribution >= 0.6 is 11.3 Å². The monoisotopic (exact) mass is 640 g/mol. The Balaban J connectivity index is 1.44. The molecule has 0 saturated heterocycles. The second kappa shape index (κ2) is 14.4. The number of fused-ring (bicyclic) bond motifs is 1. The summed E-state index contributed by atoms with van der Waals surface area (Å²) in [6.45, 7) is 9.97. The molecule has 3 aromatic carbocycles. The zero-order chi connectivity index (χ0) is 32.8. The molecule has 0 saturated carbocycles. The molecule has 10 heteroatoms. The van der Waals surface area contributed by atoms with Crippen LogP contribution in [0.15, 0.2) is 93.9 Å². The van der Waals surface area contributed by atoms with Crippen LogP contribution in [0.5, 0.6) is 11.5 Å². The molecule has 1 aromatic heterocycles. The summed E-state index contributed by atoms with van der Waals surface area (Å²) in [5.41, 5.74) is 3.41. The molecule has 0 fully saturated rings. The van der Waals surface area contributed by atoms with Crippen molar-refractivity contribution in [2.24, 2.45) is 4.99 Å². The van der Waals surface area contributed by atoms with E-state index in [1.165, 1.54) is 11.3 Å². The van der Waals surface area contributed by atoms with Crippen molar-refractivity contribution in [2.75, 3.05) is 13.2 Å². The Bertz CT molecular complexity index is 1940. The van der Waals surface area contributed by atoms with Crippen LogP contribution in [-0.4, -0.2) is 35.8 Å². The van der Waals surface area contributed by atoms with E-state index in [9.17, 15) is 14.4 Å². The number of thiazole rings is 1. The van der Waals surface area contributed by atoms with E-state index in [0.29, 0.717) is 56.4 Å². The van der Waals surface area contributed by atoms with Gasteiger partial charge in [-0.05, 0) is 82.2 Å². The number of benzene rings is 3. The van der Waals surface area contributed by atoms with Crippen LogP contribution in [0.1, 0.15) is 67.7 Å². The molecule has 0 aliphatic carbocycles. The van der Waals surface area contributed by atoms with Crippen molar-refractivity contribution >= 4 is 29.4 Å². The summed E-state index contributed by atoms with van der Waals surface area (Å²) in [7, 11) is 0. The van der Waals surface area contributed by atoms with Gasteiger partial charge in [-0.1, -0.05) is 53.8 Å². The second-order valence-corrected chi connectivity index (χ2v) is 11.8. The predicted molar refractivity (Wildman–Crippen MR) is 176 cm³/mol. The van der Waals surface area contributed by atoms with Gasteiger partial charge in [0.25, 0.3) is 5.56 Å². The van der Waals surface area contributed by atoms with Gasteiger partial charge in [0.15, 0.2) is 4.80 Å². The van der Waals surface area contributed by atoms with Crippen molar-refractivity contribution < 1.29 is 28.5 Å². The summed E-state index contributed by atoms with van der Waals surface area (Å²) in [5.74, 6) is 0.365. The van der Waals surface area contributed by atoms with Crippen molar-refractivity contribution in [1.29, 1.82) is 0 Å². The number of allylic oxidation sites excluding steroid dienone is 1. The summed E-state index contributed by atoms with van der Waals surface area (Å²) in [4.78, 5) is 44.3. The van der Waals surface area contributed by atoms with Crippen LogP contribution in [-0.2, 0) is 20.9 Å². The number of hydrogen-bond acceptors (Lipinski definition) is 9. The summed E-state index contributed by atoms with van der Waals surface area (Å²) < 4.78 is 24.5. The Morgan fingerprint density at radius 1 is 0.935 bits per heavy atom. The van der Waals surface area contributed by atoms with Gasteiger partial charge >= 0.3 is 11.9 Å². The van der Waals surface area contributed by atoms with E-state index in [1.807, 2.05) is 74.5 Å². The highest BCUT2D eigenvalue weighted by Crippen LogP contribution is 2.36. The van der Waals surface area contributed by atoms with Gasteiger partial charge in [-0.2, -0.15) is 0 Å². The van der Waals surface area contributed by atoms with Crippen molar-refractivity contribution in [1.82, 2.24) is 4.57 Å². The molecule has 0 amide bonds. The SMILES string of the molecule is CCOC(=O)C1=C(C)N=c2s/c(=C\c3ccc(OCc4ccc(C(=O)OCC)cc4)cc3)c(=O)n2[C@@H]1c1ccccc1OC(C)C. The highest BCUT2D eigenvalue weighted by atomic mass is 32.1. The van der Waals surface area contributed by atoms with Crippen LogP contribution in [0, 0.1) is 0 Å². The Morgan fingerprint density at radius 2 is 1.61 bits per heavy atom. The molecule has 0 unspecified atom stereocenters. The van der Waals surface area contributed by atoms with E-state index >= 15 is 0 Å². The molecular formula is C36H36N2O7S. The van der Waals surface area contributed by atoms with Gasteiger partial charge in [0.2, 0.25) is 0 Å². The summed E-state index contributed by atoms with van der Waals surface area (Å²) >= 11 is 1.26. The molecule has 0 spiro atoms. The van der Waals surface area contributed by atoms with E-state index in [2.05, 4.69) is 4.99 Å². The molecule has 238 valence electrons. The van der Waals surface area contributed by atoms with E-state index in [1.54, 1.807) is 43.5 Å². The highest BCUT2D eigenvalue weighted by Gasteiger charge is 2.35. The van der Waals surface area contributed by atoms with E-state index < -0.39 is 12.0 Å². The third kappa shape index (κ3) is 7.13. The first kappa shape index (κ1) is 32.4. The van der Waals surface area contributed by atoms with Crippen molar-refractivity contribution in [3.05, 3.63) is 126 Å². The first-order valence-corrected chi connectivity index (χ1v) is 16.0. The number of carbonyl (C=O) groups is 2. The maximum absolute atomic E-state index is 14.0. The minimum absolute atomic E-state index is 0.114. The minimum Gasteiger partial charge on any atom is -0.491 e. The molecule has 1 aliphatic heterocycles. The number of hydrogen-bond donors (Lipinski definition) is 0. The lowest BCUT2D eigenvalue weighted by atomic mass is 9.95. The number of rotatable bonds is 11. The molecule has 9 nitrogen and oxygen atoms in total. The summed E-state index contributed by atoms with van der Waals surface area (Å²) in [6.07, 6.45) is 1.69. The molecule has 0 N–H and O–H groups in total. The first-order chi connectivity index (χ1) is 22.2. The number of esters is 2. The Hall–Kier alpha value is -4.96. The van der Waals surface area contributed by atoms with E-state index in [4.69, 9.17) is 18.9 Å². The first-order valence-electron chi connectivity index (χ1n) is 15.1. The molecule has 1 aliphatic rings. The van der Waals surface area contributed by atoms with Gasteiger partial charge in [0, 0.05) is 5.56 Å². The fourth-order valence-corrected chi connectivity index (χ4v) is 6.13. The number of carbonyl (C=O) groups excluding carboxylic acids is 2. The van der Waals surface area contributed by atoms with Crippen molar-refractivity contribution in [2.45, 2.75) is 53.4 Å². The van der Waals surface area contributed by atoms with E-state index in [-0.39, 0.29) is 24.2 Å². The predicted octanol–water partition coefficient (Wildman–Crippen LogP) is 5.34. The quantitative estimate of drug-likeness (QED) is 0.204. The average Bonchev–Trinajstić information content (AvgIpc) is 3.34. The summed E-state index contributed by atoms with van der Waals surface area (Å²) in [6, 6.07) is 21.2. The Morgan fingerprint density at radius 3 is 2.28 bits per heavy atom. The molecule has 5 rings (SSSR count). The third-order valence-corrected chi connectivity index (χ3v) is 8.12. The second-order valence-electron chi connectivity index (χ2n) is 10.8. The number of ether oxygens (including phenoxy) is 4. The van der Waals surface area contributed by atoms with Crippen LogP contribution in [0.4, 0.5) is 0 Å². The maximum Gasteiger partial charge on any atom is 0.338 e. The number of para-hydroxylation sites is 1. The van der Waals surface area contributed by atoms with E-state index in [0.717, 1.165) is 11.1 Å². The molecule has 0 bridgehead atoms. The fourth-order valence-electron chi connectivity index (χ4n) is 5.08. The van der Waals surface area contributed by atoms with Gasteiger partial charge in [-0.3, -0.25) is 9.36 Å². The molecule has 1 atom stereocenters. The van der Waals surface area contributed by atoms with Gasteiger partial charge in [0.1, 0.15) is 24.1 Å². The normalized spacial score (nSPS) is 14.5. The number of nitrogens with zero attached hydrogens (tertiary/aromatic N) is 2. The van der Waals surface area contributed by atoms with Gasteiger partial charge in [-0.25, -0.2) is 14.6 Å². The lowest BCUT2D eigenvalue weighted by Gasteiger charge is -2.26. The molecular weight excluding hydrogens is 604 g/mol. The highest BCUT2D eigenvalue weighted by molar-refractivity contribution is 7.07. The van der Waals surface area contributed by atoms with Crippen LogP contribution in [0.25, 0.3) is 6.08 Å². The topological polar surface area (TPSA) is 105 Å². The molecule has 4 aromatic rings. The van der Waals surface area contributed by atoms with Crippen molar-refractivity contribution in [3.63, 3.8) is 0 Å². The number of aromatic nitrogens is 1. The van der Waals surface area contributed by atoms with Gasteiger partial charge in [-0.15, -0.1) is 0 Å². The Kier molecular flexibility index (Phi) is 10.2. The largest absolute Gasteiger partial charge is 0.491 e.